The van der Waals surface area contributed by atoms with Gasteiger partial charge >= 0.3 is 0 Å². The van der Waals surface area contributed by atoms with E-state index in [1.165, 1.54) is 0 Å². The van der Waals surface area contributed by atoms with Crippen molar-refractivity contribution in [2.45, 2.75) is 12.8 Å². The number of anilines is 1. The van der Waals surface area contributed by atoms with Gasteiger partial charge in [-0.25, -0.2) is 0 Å². The van der Waals surface area contributed by atoms with Gasteiger partial charge in [0, 0.05) is 21.1 Å². The van der Waals surface area contributed by atoms with E-state index in [2.05, 4.69) is 37.2 Å². The Morgan fingerprint density at radius 2 is 1.62 bits per heavy atom. The van der Waals surface area contributed by atoms with Gasteiger partial charge in [0.1, 0.15) is 5.78 Å². The summed E-state index contributed by atoms with van der Waals surface area (Å²) >= 11 is 6.69. The highest BCUT2D eigenvalue weighted by Crippen LogP contribution is 2.16. The van der Waals surface area contributed by atoms with Crippen molar-refractivity contribution in [3.05, 3.63) is 63.0 Å². The number of nitrogens with one attached hydrogen (secondary N) is 1. The van der Waals surface area contributed by atoms with Gasteiger partial charge < -0.3 is 5.32 Å². The summed E-state index contributed by atoms with van der Waals surface area (Å²) in [5.74, 6) is -0.409. The van der Waals surface area contributed by atoms with Crippen LogP contribution in [-0.4, -0.2) is 11.7 Å². The molecule has 0 heterocycles. The molecule has 0 aliphatic heterocycles. The predicted molar refractivity (Wildman–Crippen MR) is 90.2 cm³/mol. The van der Waals surface area contributed by atoms with Crippen LogP contribution >= 0.6 is 31.9 Å². The molecule has 0 saturated carbocycles. The van der Waals surface area contributed by atoms with E-state index in [0.29, 0.717) is 5.69 Å². The zero-order valence-electron chi connectivity index (χ0n) is 11.1. The number of carbonyl (C=O) groups is 2. The van der Waals surface area contributed by atoms with E-state index in [1.54, 1.807) is 12.1 Å². The van der Waals surface area contributed by atoms with Crippen LogP contribution in [0.3, 0.4) is 0 Å². The van der Waals surface area contributed by atoms with E-state index >= 15 is 0 Å². The standard InChI is InChI=1S/C16H13Br2NO2/c17-12-4-1-3-11(7-12)8-15(20)10-16(21)19-14-6-2-5-13(18)9-14/h1-7,9H,8,10H2,(H,19,21). The molecule has 0 fully saturated rings. The Bertz CT molecular complexity index is 613. The molecule has 21 heavy (non-hydrogen) atoms. The summed E-state index contributed by atoms with van der Waals surface area (Å²) in [6.07, 6.45) is 0.129. The monoisotopic (exact) mass is 409 g/mol. The van der Waals surface area contributed by atoms with Gasteiger partial charge in [-0.05, 0) is 35.9 Å². The smallest absolute Gasteiger partial charge is 0.231 e. The van der Waals surface area contributed by atoms with E-state index in [-0.39, 0.29) is 24.5 Å². The highest BCUT2D eigenvalue weighted by molar-refractivity contribution is 9.10. The number of rotatable bonds is 5. The second-order valence-electron chi connectivity index (χ2n) is 4.58. The quantitative estimate of drug-likeness (QED) is 0.744. The van der Waals surface area contributed by atoms with Gasteiger partial charge in [-0.2, -0.15) is 0 Å². The minimum atomic E-state index is -0.298. The van der Waals surface area contributed by atoms with Crippen LogP contribution in [0.4, 0.5) is 5.69 Å². The first-order valence-electron chi connectivity index (χ1n) is 6.34. The molecule has 1 N–H and O–H groups in total. The number of Topliss-reactive ketones (excluding diaryl/α,β-unsaturated/α-hetero) is 1. The normalized spacial score (nSPS) is 10.2. The van der Waals surface area contributed by atoms with Crippen LogP contribution in [0.5, 0.6) is 0 Å². The summed E-state index contributed by atoms with van der Waals surface area (Å²) in [4.78, 5) is 23.7. The van der Waals surface area contributed by atoms with Crippen molar-refractivity contribution < 1.29 is 9.59 Å². The summed E-state index contributed by atoms with van der Waals surface area (Å²) in [5, 5.41) is 2.71. The zero-order valence-corrected chi connectivity index (χ0v) is 14.3. The SMILES string of the molecule is O=C(CC(=O)Nc1cccc(Br)c1)Cc1cccc(Br)c1. The van der Waals surface area contributed by atoms with E-state index in [9.17, 15) is 9.59 Å². The molecule has 3 nitrogen and oxygen atoms in total. The van der Waals surface area contributed by atoms with Crippen LogP contribution in [0.25, 0.3) is 0 Å². The molecule has 0 atom stereocenters. The summed E-state index contributed by atoms with van der Waals surface area (Å²) in [7, 11) is 0. The number of benzene rings is 2. The molecular formula is C16H13Br2NO2. The molecule has 1 amide bonds. The fourth-order valence-electron chi connectivity index (χ4n) is 1.89. The van der Waals surface area contributed by atoms with Crippen LogP contribution in [0.15, 0.2) is 57.5 Å². The van der Waals surface area contributed by atoms with Crippen molar-refractivity contribution in [2.24, 2.45) is 0 Å². The summed E-state index contributed by atoms with van der Waals surface area (Å²) in [6.45, 7) is 0. The topological polar surface area (TPSA) is 46.2 Å². The first kappa shape index (κ1) is 15.9. The van der Waals surface area contributed by atoms with Crippen LogP contribution in [-0.2, 0) is 16.0 Å². The molecule has 0 unspecified atom stereocenters. The van der Waals surface area contributed by atoms with Crippen molar-refractivity contribution in [1.29, 1.82) is 0 Å². The number of hydrogen-bond donors (Lipinski definition) is 1. The third kappa shape index (κ3) is 5.44. The molecule has 2 rings (SSSR count). The van der Waals surface area contributed by atoms with Gasteiger partial charge in [0.25, 0.3) is 0 Å². The number of hydrogen-bond acceptors (Lipinski definition) is 2. The fourth-order valence-corrected chi connectivity index (χ4v) is 2.73. The molecule has 5 heteroatoms. The maximum atomic E-state index is 11.9. The van der Waals surface area contributed by atoms with Gasteiger partial charge in [-0.15, -0.1) is 0 Å². The average Bonchev–Trinajstić information content (AvgIpc) is 2.38. The zero-order chi connectivity index (χ0) is 15.2. The number of halogens is 2. The summed E-state index contributed by atoms with van der Waals surface area (Å²) < 4.78 is 1.80. The maximum absolute atomic E-state index is 11.9. The lowest BCUT2D eigenvalue weighted by Gasteiger charge is -2.05. The average molecular weight is 411 g/mol. The third-order valence-corrected chi connectivity index (χ3v) is 3.74. The molecule has 0 aliphatic rings. The highest BCUT2D eigenvalue weighted by atomic mass is 79.9. The van der Waals surface area contributed by atoms with E-state index in [0.717, 1.165) is 14.5 Å². The summed E-state index contributed by atoms with van der Waals surface area (Å²) in [5.41, 5.74) is 1.56. The van der Waals surface area contributed by atoms with E-state index in [4.69, 9.17) is 0 Å². The van der Waals surface area contributed by atoms with Crippen molar-refractivity contribution in [3.8, 4) is 0 Å². The van der Waals surface area contributed by atoms with Gasteiger partial charge in [0.2, 0.25) is 5.91 Å². The molecule has 108 valence electrons. The van der Waals surface area contributed by atoms with Gasteiger partial charge in [-0.3, -0.25) is 9.59 Å². The van der Waals surface area contributed by atoms with Crippen molar-refractivity contribution >= 4 is 49.2 Å². The Labute approximate surface area is 140 Å². The Kier molecular flexibility index (Phi) is 5.70. The highest BCUT2D eigenvalue weighted by Gasteiger charge is 2.11. The van der Waals surface area contributed by atoms with Crippen LogP contribution in [0, 0.1) is 0 Å². The molecular weight excluding hydrogens is 398 g/mol. The Balaban J connectivity index is 1.89. The van der Waals surface area contributed by atoms with E-state index < -0.39 is 0 Å². The Morgan fingerprint density at radius 3 is 2.29 bits per heavy atom. The first-order valence-corrected chi connectivity index (χ1v) is 7.93. The van der Waals surface area contributed by atoms with Crippen molar-refractivity contribution in [1.82, 2.24) is 0 Å². The Morgan fingerprint density at radius 1 is 0.952 bits per heavy atom. The third-order valence-electron chi connectivity index (χ3n) is 2.76. The van der Waals surface area contributed by atoms with Gasteiger partial charge in [0.15, 0.2) is 0 Å². The number of ketones is 1. The molecule has 2 aromatic rings. The van der Waals surface area contributed by atoms with Crippen molar-refractivity contribution in [3.63, 3.8) is 0 Å². The van der Waals surface area contributed by atoms with Crippen LogP contribution < -0.4 is 5.32 Å². The predicted octanol–water partition coefficient (Wildman–Crippen LogP) is 4.35. The number of amides is 1. The number of carbonyl (C=O) groups excluding carboxylic acids is 2. The van der Waals surface area contributed by atoms with Gasteiger partial charge in [-0.1, -0.05) is 50.1 Å². The second-order valence-corrected chi connectivity index (χ2v) is 6.41. The van der Waals surface area contributed by atoms with Crippen molar-refractivity contribution in [2.75, 3.05) is 5.32 Å². The minimum absolute atomic E-state index is 0.111. The van der Waals surface area contributed by atoms with Crippen LogP contribution in [0.1, 0.15) is 12.0 Å². The fraction of sp³-hybridized carbons (Fsp3) is 0.125. The lowest BCUT2D eigenvalue weighted by molar-refractivity contribution is -0.125. The van der Waals surface area contributed by atoms with Crippen LogP contribution in [0.2, 0.25) is 0 Å². The molecule has 0 aliphatic carbocycles. The first-order chi connectivity index (χ1) is 10.0. The van der Waals surface area contributed by atoms with Gasteiger partial charge in [0.05, 0.1) is 6.42 Å². The molecule has 0 aromatic heterocycles. The van der Waals surface area contributed by atoms with E-state index in [1.807, 2.05) is 36.4 Å². The second kappa shape index (κ2) is 7.52. The Hall–Kier alpha value is -1.46. The maximum Gasteiger partial charge on any atom is 0.231 e. The lowest BCUT2D eigenvalue weighted by atomic mass is 10.1. The lowest BCUT2D eigenvalue weighted by Crippen LogP contribution is -2.17. The molecule has 0 saturated heterocycles. The molecule has 0 radical (unpaired) electrons. The minimum Gasteiger partial charge on any atom is -0.326 e. The molecule has 2 aromatic carbocycles. The largest absolute Gasteiger partial charge is 0.326 e. The summed E-state index contributed by atoms with van der Waals surface area (Å²) in [6, 6.07) is 14.8. The molecule has 0 bridgehead atoms. The molecule has 0 spiro atoms.